The first-order chi connectivity index (χ1) is 8.93. The number of ether oxygens (including phenoxy) is 1. The molecule has 2 aromatic carbocycles. The van der Waals surface area contributed by atoms with E-state index in [1.807, 2.05) is 0 Å². The SMILES string of the molecule is COc1cc(Cl)c(-c2cc(F)cc(Cl)c2N)cc1Cl. The smallest absolute Gasteiger partial charge is 0.138 e. The molecule has 0 fully saturated rings. The van der Waals surface area contributed by atoms with Crippen LogP contribution < -0.4 is 10.5 Å². The number of anilines is 1. The molecule has 2 aromatic rings. The molecule has 6 heteroatoms. The Morgan fingerprint density at radius 3 is 2.26 bits per heavy atom. The lowest BCUT2D eigenvalue weighted by Gasteiger charge is -2.12. The highest BCUT2D eigenvalue weighted by molar-refractivity contribution is 6.37. The largest absolute Gasteiger partial charge is 0.495 e. The predicted octanol–water partition coefficient (Wildman–Crippen LogP) is 5.04. The summed E-state index contributed by atoms with van der Waals surface area (Å²) in [5.41, 5.74) is 6.96. The van der Waals surface area contributed by atoms with E-state index < -0.39 is 5.82 Å². The lowest BCUT2D eigenvalue weighted by Crippen LogP contribution is -1.94. The van der Waals surface area contributed by atoms with Gasteiger partial charge in [-0.05, 0) is 18.2 Å². The maximum absolute atomic E-state index is 13.4. The molecule has 0 aromatic heterocycles. The highest BCUT2D eigenvalue weighted by Gasteiger charge is 2.14. The van der Waals surface area contributed by atoms with Gasteiger partial charge in [0.15, 0.2) is 0 Å². The molecule has 19 heavy (non-hydrogen) atoms. The van der Waals surface area contributed by atoms with E-state index in [1.165, 1.54) is 19.2 Å². The topological polar surface area (TPSA) is 35.2 Å². The quantitative estimate of drug-likeness (QED) is 0.786. The van der Waals surface area contributed by atoms with Gasteiger partial charge in [0.1, 0.15) is 11.6 Å². The first-order valence-electron chi connectivity index (χ1n) is 5.22. The summed E-state index contributed by atoms with van der Waals surface area (Å²) in [6.45, 7) is 0. The second-order valence-corrected chi connectivity index (χ2v) is 5.04. The first-order valence-corrected chi connectivity index (χ1v) is 6.35. The molecule has 0 heterocycles. The van der Waals surface area contributed by atoms with E-state index in [1.54, 1.807) is 6.07 Å². The fourth-order valence-electron chi connectivity index (χ4n) is 1.70. The van der Waals surface area contributed by atoms with E-state index in [-0.39, 0.29) is 10.7 Å². The summed E-state index contributed by atoms with van der Waals surface area (Å²) in [4.78, 5) is 0. The van der Waals surface area contributed by atoms with Crippen LogP contribution in [0.25, 0.3) is 11.1 Å². The van der Waals surface area contributed by atoms with Gasteiger partial charge in [-0.15, -0.1) is 0 Å². The van der Waals surface area contributed by atoms with Crippen molar-refractivity contribution in [2.45, 2.75) is 0 Å². The van der Waals surface area contributed by atoms with E-state index in [9.17, 15) is 4.39 Å². The van der Waals surface area contributed by atoms with Gasteiger partial charge in [0.2, 0.25) is 0 Å². The third kappa shape index (κ3) is 2.73. The predicted molar refractivity (Wildman–Crippen MR) is 77.8 cm³/mol. The van der Waals surface area contributed by atoms with Crippen molar-refractivity contribution >= 4 is 40.5 Å². The number of nitrogen functional groups attached to an aromatic ring is 1. The van der Waals surface area contributed by atoms with Gasteiger partial charge < -0.3 is 10.5 Å². The molecule has 2 rings (SSSR count). The molecule has 0 spiro atoms. The Balaban J connectivity index is 2.69. The number of hydrogen-bond acceptors (Lipinski definition) is 2. The van der Waals surface area contributed by atoms with Gasteiger partial charge in [-0.1, -0.05) is 34.8 Å². The van der Waals surface area contributed by atoms with Crippen molar-refractivity contribution in [1.29, 1.82) is 0 Å². The second-order valence-electron chi connectivity index (χ2n) is 3.82. The van der Waals surface area contributed by atoms with E-state index in [0.29, 0.717) is 26.9 Å². The molecule has 0 aliphatic heterocycles. The Hall–Kier alpha value is -1.16. The third-order valence-electron chi connectivity index (χ3n) is 2.63. The monoisotopic (exact) mass is 319 g/mol. The van der Waals surface area contributed by atoms with E-state index in [4.69, 9.17) is 45.3 Å². The molecular weight excluding hydrogens is 312 g/mol. The van der Waals surface area contributed by atoms with Gasteiger partial charge in [-0.3, -0.25) is 0 Å². The van der Waals surface area contributed by atoms with Crippen molar-refractivity contribution in [3.05, 3.63) is 45.2 Å². The summed E-state index contributed by atoms with van der Waals surface area (Å²) >= 11 is 18.0. The summed E-state index contributed by atoms with van der Waals surface area (Å²) in [5.74, 6) is -0.0753. The molecular formula is C13H9Cl3FNO. The molecule has 0 aliphatic rings. The molecule has 0 saturated heterocycles. The van der Waals surface area contributed by atoms with Crippen LogP contribution in [-0.2, 0) is 0 Å². The zero-order valence-electron chi connectivity index (χ0n) is 9.81. The van der Waals surface area contributed by atoms with Gasteiger partial charge in [-0.2, -0.15) is 0 Å². The lowest BCUT2D eigenvalue weighted by atomic mass is 10.0. The lowest BCUT2D eigenvalue weighted by molar-refractivity contribution is 0.415. The van der Waals surface area contributed by atoms with Crippen LogP contribution in [0.4, 0.5) is 10.1 Å². The van der Waals surface area contributed by atoms with Gasteiger partial charge in [0.05, 0.1) is 27.9 Å². The third-order valence-corrected chi connectivity index (χ3v) is 3.55. The minimum atomic E-state index is -0.503. The van der Waals surface area contributed by atoms with Crippen molar-refractivity contribution in [2.24, 2.45) is 0 Å². The molecule has 0 aliphatic carbocycles. The number of rotatable bonds is 2. The summed E-state index contributed by atoms with van der Waals surface area (Å²) in [6, 6.07) is 5.49. The number of halogens is 4. The van der Waals surface area contributed by atoms with Crippen LogP contribution in [-0.4, -0.2) is 7.11 Å². The van der Waals surface area contributed by atoms with Crippen LogP contribution in [0.5, 0.6) is 5.75 Å². The van der Waals surface area contributed by atoms with Gasteiger partial charge in [0, 0.05) is 17.2 Å². The van der Waals surface area contributed by atoms with Crippen molar-refractivity contribution in [1.82, 2.24) is 0 Å². The Labute approximate surface area is 124 Å². The number of benzene rings is 2. The second kappa shape index (κ2) is 5.45. The Bertz CT molecular complexity index is 646. The molecule has 100 valence electrons. The number of hydrogen-bond donors (Lipinski definition) is 1. The average Bonchev–Trinajstić information content (AvgIpc) is 2.36. The molecule has 2 nitrogen and oxygen atoms in total. The average molecular weight is 321 g/mol. The van der Waals surface area contributed by atoms with E-state index in [0.717, 1.165) is 6.07 Å². The number of nitrogens with two attached hydrogens (primary N) is 1. The van der Waals surface area contributed by atoms with Gasteiger partial charge in [0.25, 0.3) is 0 Å². The maximum Gasteiger partial charge on any atom is 0.138 e. The molecule has 0 amide bonds. The standard InChI is InChI=1S/C13H9Cl3FNO/c1-19-12-5-9(14)7(4-10(12)15)8-2-6(17)3-11(16)13(8)18/h2-5H,18H2,1H3. The molecule has 0 saturated carbocycles. The summed E-state index contributed by atoms with van der Waals surface area (Å²) in [7, 11) is 1.48. The van der Waals surface area contributed by atoms with Crippen LogP contribution in [0.3, 0.4) is 0 Å². The number of methoxy groups -OCH3 is 1. The minimum Gasteiger partial charge on any atom is -0.495 e. The molecule has 0 bridgehead atoms. The van der Waals surface area contributed by atoms with Crippen molar-refractivity contribution < 1.29 is 9.13 Å². The van der Waals surface area contributed by atoms with Gasteiger partial charge >= 0.3 is 0 Å². The van der Waals surface area contributed by atoms with Crippen LogP contribution in [0.2, 0.25) is 15.1 Å². The zero-order valence-corrected chi connectivity index (χ0v) is 12.1. The zero-order chi connectivity index (χ0) is 14.2. The van der Waals surface area contributed by atoms with Crippen LogP contribution in [0, 0.1) is 5.82 Å². The highest BCUT2D eigenvalue weighted by Crippen LogP contribution is 2.40. The highest BCUT2D eigenvalue weighted by atomic mass is 35.5. The Kier molecular flexibility index (Phi) is 4.09. The summed E-state index contributed by atoms with van der Waals surface area (Å²) in [5, 5.41) is 0.814. The van der Waals surface area contributed by atoms with E-state index >= 15 is 0 Å². The Morgan fingerprint density at radius 1 is 0.947 bits per heavy atom. The fourth-order valence-corrected chi connectivity index (χ4v) is 2.40. The van der Waals surface area contributed by atoms with Crippen LogP contribution in [0.1, 0.15) is 0 Å². The van der Waals surface area contributed by atoms with Crippen LogP contribution in [0.15, 0.2) is 24.3 Å². The van der Waals surface area contributed by atoms with Gasteiger partial charge in [-0.25, -0.2) is 4.39 Å². The Morgan fingerprint density at radius 2 is 1.63 bits per heavy atom. The first kappa shape index (κ1) is 14.3. The molecule has 0 unspecified atom stereocenters. The summed E-state index contributed by atoms with van der Waals surface area (Å²) < 4.78 is 18.5. The fraction of sp³-hybridized carbons (Fsp3) is 0.0769. The van der Waals surface area contributed by atoms with Crippen molar-refractivity contribution in [3.8, 4) is 16.9 Å². The van der Waals surface area contributed by atoms with E-state index in [2.05, 4.69) is 0 Å². The molecule has 0 atom stereocenters. The molecule has 2 N–H and O–H groups in total. The summed E-state index contributed by atoms with van der Waals surface area (Å²) in [6.07, 6.45) is 0. The molecule has 0 radical (unpaired) electrons. The van der Waals surface area contributed by atoms with Crippen molar-refractivity contribution in [2.75, 3.05) is 12.8 Å². The van der Waals surface area contributed by atoms with Crippen LogP contribution >= 0.6 is 34.8 Å². The van der Waals surface area contributed by atoms with Crippen molar-refractivity contribution in [3.63, 3.8) is 0 Å². The maximum atomic E-state index is 13.4. The minimum absolute atomic E-state index is 0.123. The normalized spacial score (nSPS) is 10.6.